The molecule has 0 aliphatic heterocycles. The standard InChI is InChI=1S/C16H18BrNO2S/c1-9-6-5-7-10(13(9)17)12-8-11(18)14(21-12)15(19)20-16(2,3)4/h5-8H,18H2,1-4H3. The summed E-state index contributed by atoms with van der Waals surface area (Å²) >= 11 is 4.94. The number of nitrogens with two attached hydrogens (primary N) is 1. The summed E-state index contributed by atoms with van der Waals surface area (Å²) in [6.07, 6.45) is 0. The number of esters is 1. The van der Waals surface area contributed by atoms with Gasteiger partial charge in [-0.2, -0.15) is 0 Å². The van der Waals surface area contributed by atoms with Crippen molar-refractivity contribution < 1.29 is 9.53 Å². The van der Waals surface area contributed by atoms with E-state index in [1.165, 1.54) is 11.3 Å². The van der Waals surface area contributed by atoms with E-state index in [0.29, 0.717) is 10.6 Å². The average Bonchev–Trinajstić information content (AvgIpc) is 2.72. The van der Waals surface area contributed by atoms with Crippen LogP contribution in [0.5, 0.6) is 0 Å². The van der Waals surface area contributed by atoms with Crippen LogP contribution < -0.4 is 5.73 Å². The van der Waals surface area contributed by atoms with Gasteiger partial charge in [0, 0.05) is 14.9 Å². The minimum absolute atomic E-state index is 0.375. The van der Waals surface area contributed by atoms with E-state index in [0.717, 1.165) is 20.5 Å². The summed E-state index contributed by atoms with van der Waals surface area (Å²) in [4.78, 5) is 13.6. The number of ether oxygens (including phenoxy) is 1. The van der Waals surface area contributed by atoms with Crippen LogP contribution in [0.25, 0.3) is 10.4 Å². The zero-order valence-electron chi connectivity index (χ0n) is 12.5. The van der Waals surface area contributed by atoms with Crippen LogP contribution in [0.2, 0.25) is 0 Å². The second kappa shape index (κ2) is 5.81. The highest BCUT2D eigenvalue weighted by atomic mass is 79.9. The van der Waals surface area contributed by atoms with Gasteiger partial charge in [-0.25, -0.2) is 4.79 Å². The van der Waals surface area contributed by atoms with Crippen molar-refractivity contribution in [1.29, 1.82) is 0 Å². The largest absolute Gasteiger partial charge is 0.456 e. The Morgan fingerprint density at radius 1 is 1.33 bits per heavy atom. The molecule has 2 rings (SSSR count). The number of aryl methyl sites for hydroxylation is 1. The van der Waals surface area contributed by atoms with E-state index in [9.17, 15) is 4.79 Å². The predicted molar refractivity (Wildman–Crippen MR) is 91.8 cm³/mol. The second-order valence-electron chi connectivity index (χ2n) is 5.83. The van der Waals surface area contributed by atoms with Gasteiger partial charge in [-0.3, -0.25) is 0 Å². The SMILES string of the molecule is Cc1cccc(-c2cc(N)c(C(=O)OC(C)(C)C)s2)c1Br. The van der Waals surface area contributed by atoms with Crippen molar-refractivity contribution in [2.45, 2.75) is 33.3 Å². The van der Waals surface area contributed by atoms with E-state index in [1.54, 1.807) is 0 Å². The number of thiophene rings is 1. The van der Waals surface area contributed by atoms with Crippen molar-refractivity contribution in [2.75, 3.05) is 5.73 Å². The molecule has 0 bridgehead atoms. The molecule has 112 valence electrons. The number of nitrogen functional groups attached to an aromatic ring is 1. The van der Waals surface area contributed by atoms with E-state index in [1.807, 2.05) is 52.0 Å². The lowest BCUT2D eigenvalue weighted by Crippen LogP contribution is -2.23. The van der Waals surface area contributed by atoms with Gasteiger partial charge in [-0.15, -0.1) is 11.3 Å². The molecule has 1 aromatic carbocycles. The van der Waals surface area contributed by atoms with Crippen LogP contribution in [0.15, 0.2) is 28.7 Å². The van der Waals surface area contributed by atoms with Gasteiger partial charge in [0.15, 0.2) is 0 Å². The van der Waals surface area contributed by atoms with Crippen molar-refractivity contribution in [3.63, 3.8) is 0 Å². The van der Waals surface area contributed by atoms with Crippen molar-refractivity contribution in [3.8, 4) is 10.4 Å². The highest BCUT2D eigenvalue weighted by Gasteiger charge is 2.23. The lowest BCUT2D eigenvalue weighted by Gasteiger charge is -2.18. The number of halogens is 1. The fourth-order valence-electron chi connectivity index (χ4n) is 1.86. The first-order valence-electron chi connectivity index (χ1n) is 6.57. The molecule has 0 saturated carbocycles. The summed E-state index contributed by atoms with van der Waals surface area (Å²) in [5, 5.41) is 0. The molecule has 5 heteroatoms. The lowest BCUT2D eigenvalue weighted by atomic mass is 10.1. The van der Waals surface area contributed by atoms with E-state index in [4.69, 9.17) is 10.5 Å². The molecule has 0 aliphatic carbocycles. The maximum Gasteiger partial charge on any atom is 0.350 e. The lowest BCUT2D eigenvalue weighted by molar-refractivity contribution is 0.00764. The van der Waals surface area contributed by atoms with E-state index in [-0.39, 0.29) is 5.97 Å². The summed E-state index contributed by atoms with van der Waals surface area (Å²) in [6.45, 7) is 7.55. The van der Waals surface area contributed by atoms with Crippen LogP contribution in [0, 0.1) is 6.92 Å². The van der Waals surface area contributed by atoms with Crippen LogP contribution in [0.1, 0.15) is 36.0 Å². The summed E-state index contributed by atoms with van der Waals surface area (Å²) in [5.74, 6) is -0.375. The van der Waals surface area contributed by atoms with Crippen LogP contribution in [-0.2, 0) is 4.74 Å². The second-order valence-corrected chi connectivity index (χ2v) is 7.68. The Bertz CT molecular complexity index is 686. The smallest absolute Gasteiger partial charge is 0.350 e. The quantitative estimate of drug-likeness (QED) is 0.757. The molecule has 0 amide bonds. The normalized spacial score (nSPS) is 11.5. The third-order valence-electron chi connectivity index (χ3n) is 2.80. The summed E-state index contributed by atoms with van der Waals surface area (Å²) < 4.78 is 6.40. The summed E-state index contributed by atoms with van der Waals surface area (Å²) in [5.41, 5.74) is 8.07. The topological polar surface area (TPSA) is 52.3 Å². The number of carbonyl (C=O) groups excluding carboxylic acids is 1. The Balaban J connectivity index is 2.40. The molecular formula is C16H18BrNO2S. The van der Waals surface area contributed by atoms with Crippen molar-refractivity contribution in [3.05, 3.63) is 39.2 Å². The summed E-state index contributed by atoms with van der Waals surface area (Å²) in [6, 6.07) is 7.84. The molecule has 2 N–H and O–H groups in total. The van der Waals surface area contributed by atoms with Crippen molar-refractivity contribution >= 4 is 38.9 Å². The van der Waals surface area contributed by atoms with E-state index >= 15 is 0 Å². The van der Waals surface area contributed by atoms with Gasteiger partial charge in [0.2, 0.25) is 0 Å². The van der Waals surface area contributed by atoms with Gasteiger partial charge in [-0.1, -0.05) is 18.2 Å². The first kappa shape index (κ1) is 16.0. The molecule has 1 aromatic heterocycles. The Morgan fingerprint density at radius 3 is 2.62 bits per heavy atom. The molecule has 2 aromatic rings. The average molecular weight is 368 g/mol. The molecule has 1 heterocycles. The monoisotopic (exact) mass is 367 g/mol. The van der Waals surface area contributed by atoms with Gasteiger partial charge in [-0.05, 0) is 55.3 Å². The molecule has 0 atom stereocenters. The molecule has 3 nitrogen and oxygen atoms in total. The molecule has 0 fully saturated rings. The zero-order valence-corrected chi connectivity index (χ0v) is 14.9. The number of benzene rings is 1. The van der Waals surface area contributed by atoms with E-state index in [2.05, 4.69) is 15.9 Å². The van der Waals surface area contributed by atoms with Gasteiger partial charge in [0.25, 0.3) is 0 Å². The molecule has 0 saturated heterocycles. The third-order valence-corrected chi connectivity index (χ3v) is 5.02. The van der Waals surface area contributed by atoms with Gasteiger partial charge >= 0.3 is 5.97 Å². The Morgan fingerprint density at radius 2 is 2.00 bits per heavy atom. The molecule has 0 unspecified atom stereocenters. The Hall–Kier alpha value is -1.33. The fourth-order valence-corrected chi connectivity index (χ4v) is 3.46. The highest BCUT2D eigenvalue weighted by molar-refractivity contribution is 9.10. The zero-order chi connectivity index (χ0) is 15.8. The fraction of sp³-hybridized carbons (Fsp3) is 0.312. The van der Waals surface area contributed by atoms with Crippen molar-refractivity contribution in [2.24, 2.45) is 0 Å². The number of hydrogen-bond acceptors (Lipinski definition) is 4. The molecule has 21 heavy (non-hydrogen) atoms. The van der Waals surface area contributed by atoms with E-state index < -0.39 is 5.60 Å². The number of carbonyl (C=O) groups is 1. The molecule has 0 spiro atoms. The number of hydrogen-bond donors (Lipinski definition) is 1. The van der Waals surface area contributed by atoms with Crippen LogP contribution in [0.3, 0.4) is 0 Å². The van der Waals surface area contributed by atoms with Gasteiger partial charge in [0.1, 0.15) is 10.5 Å². The third kappa shape index (κ3) is 3.66. The van der Waals surface area contributed by atoms with Crippen LogP contribution >= 0.6 is 27.3 Å². The van der Waals surface area contributed by atoms with Crippen molar-refractivity contribution in [1.82, 2.24) is 0 Å². The molecule has 0 aliphatic rings. The number of anilines is 1. The van der Waals surface area contributed by atoms with Crippen LogP contribution in [0.4, 0.5) is 5.69 Å². The maximum atomic E-state index is 12.2. The molecular weight excluding hydrogens is 350 g/mol. The first-order chi connectivity index (χ1) is 9.69. The predicted octanol–water partition coefficient (Wildman–Crippen LogP) is 5.02. The highest BCUT2D eigenvalue weighted by Crippen LogP contribution is 2.38. The van der Waals surface area contributed by atoms with Crippen LogP contribution in [-0.4, -0.2) is 11.6 Å². The van der Waals surface area contributed by atoms with Gasteiger partial charge in [0.05, 0.1) is 5.69 Å². The molecule has 0 radical (unpaired) electrons. The summed E-state index contributed by atoms with van der Waals surface area (Å²) in [7, 11) is 0. The first-order valence-corrected chi connectivity index (χ1v) is 8.18. The Labute approximate surface area is 137 Å². The minimum Gasteiger partial charge on any atom is -0.456 e. The number of rotatable bonds is 2. The Kier molecular flexibility index (Phi) is 4.44. The van der Waals surface area contributed by atoms with Gasteiger partial charge < -0.3 is 10.5 Å². The minimum atomic E-state index is -0.530. The maximum absolute atomic E-state index is 12.2.